The fourth-order valence-corrected chi connectivity index (χ4v) is 3.69. The third-order valence-electron chi connectivity index (χ3n) is 5.53. The van der Waals surface area contributed by atoms with Crippen LogP contribution in [-0.2, 0) is 9.47 Å². The minimum absolute atomic E-state index is 0.0734. The van der Waals surface area contributed by atoms with Crippen molar-refractivity contribution < 1.29 is 37.6 Å². The van der Waals surface area contributed by atoms with Crippen molar-refractivity contribution >= 4 is 16.7 Å². The Labute approximate surface area is 202 Å². The second kappa shape index (κ2) is 14.3. The lowest BCUT2D eigenvalue weighted by atomic mass is 9.87. The monoisotopic (exact) mass is 504 g/mol. The number of anilines is 1. The number of hydrogen-bond acceptors (Lipinski definition) is 9. The number of aliphatic hydroxyl groups is 2. The van der Waals surface area contributed by atoms with Gasteiger partial charge in [0.15, 0.2) is 5.75 Å². The van der Waals surface area contributed by atoms with Crippen LogP contribution >= 0.6 is 0 Å². The van der Waals surface area contributed by atoms with E-state index in [9.17, 15) is 18.3 Å². The summed E-state index contributed by atoms with van der Waals surface area (Å²) in [5.74, 6) is -0.245. The first kappa shape index (κ1) is 29.0. The normalized spacial score (nSPS) is 20.0. The summed E-state index contributed by atoms with van der Waals surface area (Å²) in [4.78, 5) is 8.70. The van der Waals surface area contributed by atoms with Gasteiger partial charge in [0.2, 0.25) is 0 Å². The molecule has 9 nitrogen and oxygen atoms in total. The number of methoxy groups -OCH3 is 2. The molecule has 0 aromatic carbocycles. The molecule has 1 saturated carbocycles. The molecule has 3 rings (SSSR count). The lowest BCUT2D eigenvalue weighted by molar-refractivity contribution is -0.185. The third-order valence-corrected chi connectivity index (χ3v) is 5.53. The Hall–Kier alpha value is -2.25. The molecule has 2 atom stereocenters. The van der Waals surface area contributed by atoms with Crippen molar-refractivity contribution in [2.24, 2.45) is 11.7 Å². The summed E-state index contributed by atoms with van der Waals surface area (Å²) in [5.41, 5.74) is 5.61. The van der Waals surface area contributed by atoms with Gasteiger partial charge in [-0.05, 0) is 37.8 Å². The molecule has 0 aliphatic heterocycles. The predicted molar refractivity (Wildman–Crippen MR) is 125 cm³/mol. The van der Waals surface area contributed by atoms with E-state index in [1.54, 1.807) is 12.3 Å². The number of aromatic nitrogens is 2. The van der Waals surface area contributed by atoms with E-state index >= 15 is 0 Å². The summed E-state index contributed by atoms with van der Waals surface area (Å²) in [6, 6.07) is 3.59. The summed E-state index contributed by atoms with van der Waals surface area (Å²) in [6.07, 6.45) is -1.61. The molecule has 35 heavy (non-hydrogen) atoms. The molecule has 12 heteroatoms. The van der Waals surface area contributed by atoms with Gasteiger partial charge in [0.1, 0.15) is 11.3 Å². The highest BCUT2D eigenvalue weighted by Gasteiger charge is 2.41. The number of nitrogens with one attached hydrogen (secondary N) is 1. The van der Waals surface area contributed by atoms with Gasteiger partial charge in [-0.1, -0.05) is 0 Å². The SMILES string of the molecule is COCC(O)CN.COCC(O)CNc1ncc(OC2CCC(C(F)(F)F)CC2)c2ncccc12. The molecule has 2 aromatic rings. The Morgan fingerprint density at radius 2 is 1.74 bits per heavy atom. The first-order valence-electron chi connectivity index (χ1n) is 11.4. The van der Waals surface area contributed by atoms with Crippen LogP contribution in [-0.4, -0.2) is 85.2 Å². The Bertz CT molecular complexity index is 882. The van der Waals surface area contributed by atoms with Crippen molar-refractivity contribution in [3.8, 4) is 5.75 Å². The summed E-state index contributed by atoms with van der Waals surface area (Å²) in [5, 5.41) is 22.2. The molecule has 0 saturated heterocycles. The first-order valence-corrected chi connectivity index (χ1v) is 11.4. The molecule has 2 unspecified atom stereocenters. The van der Waals surface area contributed by atoms with Crippen LogP contribution in [0.4, 0.5) is 19.0 Å². The fourth-order valence-electron chi connectivity index (χ4n) is 3.69. The zero-order chi connectivity index (χ0) is 25.8. The van der Waals surface area contributed by atoms with E-state index in [2.05, 4.69) is 20.0 Å². The maximum atomic E-state index is 12.8. The van der Waals surface area contributed by atoms with Crippen LogP contribution in [0.2, 0.25) is 0 Å². The third kappa shape index (κ3) is 9.37. The van der Waals surface area contributed by atoms with Gasteiger partial charge in [0, 0.05) is 38.9 Å². The van der Waals surface area contributed by atoms with Crippen LogP contribution in [0.15, 0.2) is 24.5 Å². The number of rotatable bonds is 10. The van der Waals surface area contributed by atoms with Gasteiger partial charge < -0.3 is 35.5 Å². The number of fused-ring (bicyclic) bond motifs is 1. The van der Waals surface area contributed by atoms with E-state index in [1.165, 1.54) is 20.4 Å². The summed E-state index contributed by atoms with van der Waals surface area (Å²) >= 11 is 0. The van der Waals surface area contributed by atoms with Crippen LogP contribution < -0.4 is 15.8 Å². The standard InChI is InChI=1S/C19H24F3N3O3.C4H11NO2/c1-27-11-13(26)9-24-18-15-3-2-8-23-17(15)16(10-25-18)28-14-6-4-12(5-7-14)19(20,21)22;1-7-3-4(6)2-5/h2-3,8,10,12-14,26H,4-7,9,11H2,1H3,(H,24,25);4,6H,2-3,5H2,1H3. The van der Waals surface area contributed by atoms with Crippen molar-refractivity contribution in [3.05, 3.63) is 24.5 Å². The number of halogens is 3. The van der Waals surface area contributed by atoms with Crippen LogP contribution in [0.1, 0.15) is 25.7 Å². The second-order valence-corrected chi connectivity index (χ2v) is 8.34. The highest BCUT2D eigenvalue weighted by Crippen LogP contribution is 2.39. The maximum Gasteiger partial charge on any atom is 0.391 e. The number of ether oxygens (including phenoxy) is 3. The Morgan fingerprint density at radius 3 is 2.31 bits per heavy atom. The van der Waals surface area contributed by atoms with Crippen molar-refractivity contribution in [1.29, 1.82) is 0 Å². The molecular weight excluding hydrogens is 469 g/mol. The molecule has 0 bridgehead atoms. The van der Waals surface area contributed by atoms with Crippen molar-refractivity contribution in [2.45, 2.75) is 50.2 Å². The van der Waals surface area contributed by atoms with Crippen LogP contribution in [0, 0.1) is 5.92 Å². The maximum absolute atomic E-state index is 12.8. The van der Waals surface area contributed by atoms with Gasteiger partial charge in [0.25, 0.3) is 0 Å². The molecule has 2 aromatic heterocycles. The smallest absolute Gasteiger partial charge is 0.391 e. The van der Waals surface area contributed by atoms with E-state index in [0.717, 1.165) is 0 Å². The largest absolute Gasteiger partial charge is 0.487 e. The van der Waals surface area contributed by atoms with Gasteiger partial charge in [-0.25, -0.2) is 4.98 Å². The lowest BCUT2D eigenvalue weighted by Gasteiger charge is -2.30. The zero-order valence-electron chi connectivity index (χ0n) is 20.0. The van der Waals surface area contributed by atoms with E-state index in [1.807, 2.05) is 6.07 Å². The van der Waals surface area contributed by atoms with Crippen LogP contribution in [0.5, 0.6) is 5.75 Å². The minimum Gasteiger partial charge on any atom is -0.487 e. The highest BCUT2D eigenvalue weighted by molar-refractivity contribution is 5.92. The zero-order valence-corrected chi connectivity index (χ0v) is 20.0. The van der Waals surface area contributed by atoms with Gasteiger partial charge in [-0.3, -0.25) is 4.98 Å². The molecule has 1 aliphatic carbocycles. The average molecular weight is 505 g/mol. The van der Waals surface area contributed by atoms with Gasteiger partial charge >= 0.3 is 6.18 Å². The molecule has 0 amide bonds. The van der Waals surface area contributed by atoms with Gasteiger partial charge in [-0.2, -0.15) is 13.2 Å². The summed E-state index contributed by atoms with van der Waals surface area (Å²) in [6.45, 7) is 1.06. The van der Waals surface area contributed by atoms with E-state index < -0.39 is 24.3 Å². The Morgan fingerprint density at radius 1 is 1.09 bits per heavy atom. The second-order valence-electron chi connectivity index (χ2n) is 8.34. The molecule has 2 heterocycles. The Balaban J connectivity index is 0.000000540. The van der Waals surface area contributed by atoms with Crippen molar-refractivity contribution in [1.82, 2.24) is 9.97 Å². The van der Waals surface area contributed by atoms with E-state index in [0.29, 0.717) is 41.9 Å². The highest BCUT2D eigenvalue weighted by atomic mass is 19.4. The predicted octanol–water partition coefficient (Wildman–Crippen LogP) is 2.50. The van der Waals surface area contributed by atoms with E-state index in [4.69, 9.17) is 20.3 Å². The number of aliphatic hydroxyl groups excluding tert-OH is 2. The topological polar surface area (TPSA) is 132 Å². The quantitative estimate of drug-likeness (QED) is 0.385. The fraction of sp³-hybridized carbons (Fsp3) is 0.652. The molecular formula is C23H35F3N4O5. The van der Waals surface area contributed by atoms with Gasteiger partial charge in [-0.15, -0.1) is 0 Å². The first-order chi connectivity index (χ1) is 16.7. The minimum atomic E-state index is -4.14. The summed E-state index contributed by atoms with van der Waals surface area (Å²) < 4.78 is 53.9. The number of alkyl halides is 3. The molecule has 1 aliphatic rings. The molecule has 198 valence electrons. The van der Waals surface area contributed by atoms with Crippen molar-refractivity contribution in [2.75, 3.05) is 45.8 Å². The van der Waals surface area contributed by atoms with Crippen LogP contribution in [0.3, 0.4) is 0 Å². The van der Waals surface area contributed by atoms with E-state index in [-0.39, 0.29) is 38.6 Å². The number of hydrogen-bond donors (Lipinski definition) is 4. The molecule has 5 N–H and O–H groups in total. The number of nitrogens with two attached hydrogens (primary N) is 1. The summed E-state index contributed by atoms with van der Waals surface area (Å²) in [7, 11) is 3.04. The molecule has 0 spiro atoms. The number of nitrogens with zero attached hydrogens (tertiary/aromatic N) is 2. The lowest BCUT2D eigenvalue weighted by Crippen LogP contribution is -2.32. The van der Waals surface area contributed by atoms with Crippen molar-refractivity contribution in [3.63, 3.8) is 0 Å². The molecule has 1 fully saturated rings. The molecule has 0 radical (unpaired) electrons. The van der Waals surface area contributed by atoms with Crippen LogP contribution in [0.25, 0.3) is 10.9 Å². The van der Waals surface area contributed by atoms with Gasteiger partial charge in [0.05, 0.1) is 43.6 Å². The Kier molecular flexibility index (Phi) is 11.9. The average Bonchev–Trinajstić information content (AvgIpc) is 2.84. The number of pyridine rings is 2.